The van der Waals surface area contributed by atoms with Gasteiger partial charge >= 0.3 is 0 Å². The van der Waals surface area contributed by atoms with Crippen LogP contribution in [0.5, 0.6) is 0 Å². The van der Waals surface area contributed by atoms with Crippen LogP contribution >= 0.6 is 27.5 Å². The summed E-state index contributed by atoms with van der Waals surface area (Å²) in [4.78, 5) is 12.2. The van der Waals surface area contributed by atoms with Crippen LogP contribution in [0.25, 0.3) is 0 Å². The molecule has 0 unspecified atom stereocenters. The van der Waals surface area contributed by atoms with E-state index >= 15 is 0 Å². The maximum absolute atomic E-state index is 12.2. The predicted octanol–water partition coefficient (Wildman–Crippen LogP) is 3.96. The average molecular weight is 355 g/mol. The first-order chi connectivity index (χ1) is 9.61. The van der Waals surface area contributed by atoms with E-state index in [4.69, 9.17) is 11.6 Å². The molecule has 1 saturated carbocycles. The quantitative estimate of drug-likeness (QED) is 0.903. The first-order valence-corrected chi connectivity index (χ1v) is 7.58. The first-order valence-electron chi connectivity index (χ1n) is 6.40. The third kappa shape index (κ3) is 3.22. The van der Waals surface area contributed by atoms with Crippen molar-refractivity contribution in [1.82, 2.24) is 9.78 Å². The Balaban J connectivity index is 1.71. The van der Waals surface area contributed by atoms with Crippen molar-refractivity contribution >= 4 is 39.1 Å². The third-order valence-electron chi connectivity index (χ3n) is 3.21. The fourth-order valence-corrected chi connectivity index (χ4v) is 2.53. The van der Waals surface area contributed by atoms with Crippen molar-refractivity contribution in [3.05, 3.63) is 45.7 Å². The van der Waals surface area contributed by atoms with Crippen molar-refractivity contribution in [2.45, 2.75) is 19.4 Å². The largest absolute Gasteiger partial charge is 0.319 e. The molecule has 1 aromatic heterocycles. The minimum Gasteiger partial charge on any atom is -0.319 e. The summed E-state index contributed by atoms with van der Waals surface area (Å²) in [7, 11) is 0. The van der Waals surface area contributed by atoms with Crippen LogP contribution in [0.2, 0.25) is 5.02 Å². The van der Waals surface area contributed by atoms with Gasteiger partial charge in [-0.15, -0.1) is 0 Å². The Bertz CT molecular complexity index is 652. The van der Waals surface area contributed by atoms with Gasteiger partial charge < -0.3 is 5.32 Å². The number of nitrogens with one attached hydrogen (secondary N) is 1. The molecule has 2 aromatic rings. The Labute approximate surface area is 130 Å². The van der Waals surface area contributed by atoms with Gasteiger partial charge in [-0.1, -0.05) is 27.5 Å². The van der Waals surface area contributed by atoms with Gasteiger partial charge in [0.05, 0.1) is 22.5 Å². The average Bonchev–Trinajstić information content (AvgIpc) is 3.12. The number of benzene rings is 1. The molecule has 20 heavy (non-hydrogen) atoms. The van der Waals surface area contributed by atoms with Crippen molar-refractivity contribution in [3.8, 4) is 0 Å². The number of anilines is 1. The summed E-state index contributed by atoms with van der Waals surface area (Å²) < 4.78 is 2.69. The number of halogens is 2. The van der Waals surface area contributed by atoms with E-state index < -0.39 is 0 Å². The van der Waals surface area contributed by atoms with Crippen LogP contribution in [-0.2, 0) is 6.54 Å². The van der Waals surface area contributed by atoms with Gasteiger partial charge in [-0.2, -0.15) is 5.10 Å². The summed E-state index contributed by atoms with van der Waals surface area (Å²) in [6.07, 6.45) is 6.05. The van der Waals surface area contributed by atoms with Crippen LogP contribution in [0.15, 0.2) is 35.1 Å². The van der Waals surface area contributed by atoms with Crippen molar-refractivity contribution in [1.29, 1.82) is 0 Å². The summed E-state index contributed by atoms with van der Waals surface area (Å²) >= 11 is 9.37. The summed E-state index contributed by atoms with van der Waals surface area (Å²) in [5.41, 5.74) is 1.13. The smallest absolute Gasteiger partial charge is 0.257 e. The molecule has 1 amide bonds. The SMILES string of the molecule is O=C(Nc1cnn(CC2CC2)c1)c1cc(Br)ccc1Cl. The molecule has 104 valence electrons. The number of carbonyl (C=O) groups is 1. The fraction of sp³-hybridized carbons (Fsp3) is 0.286. The maximum atomic E-state index is 12.2. The lowest BCUT2D eigenvalue weighted by Crippen LogP contribution is -2.12. The van der Waals surface area contributed by atoms with E-state index in [0.29, 0.717) is 16.3 Å². The zero-order chi connectivity index (χ0) is 14.1. The van der Waals surface area contributed by atoms with Gasteiger partial charge in [0.25, 0.3) is 5.91 Å². The molecular weight excluding hydrogens is 342 g/mol. The second kappa shape index (κ2) is 5.58. The number of aromatic nitrogens is 2. The van der Waals surface area contributed by atoms with Gasteiger partial charge in [0.2, 0.25) is 0 Å². The summed E-state index contributed by atoms with van der Waals surface area (Å²) in [5.74, 6) is 0.514. The van der Waals surface area contributed by atoms with Crippen molar-refractivity contribution in [2.75, 3.05) is 5.32 Å². The molecule has 0 radical (unpaired) electrons. The Morgan fingerprint density at radius 3 is 3.05 bits per heavy atom. The molecule has 1 aliphatic carbocycles. The number of hydrogen-bond donors (Lipinski definition) is 1. The van der Waals surface area contributed by atoms with E-state index in [1.54, 1.807) is 24.4 Å². The van der Waals surface area contributed by atoms with E-state index in [1.807, 2.05) is 10.9 Å². The van der Waals surface area contributed by atoms with Crippen molar-refractivity contribution in [3.63, 3.8) is 0 Å². The highest BCUT2D eigenvalue weighted by atomic mass is 79.9. The van der Waals surface area contributed by atoms with E-state index in [2.05, 4.69) is 26.3 Å². The van der Waals surface area contributed by atoms with Crippen LogP contribution in [0.4, 0.5) is 5.69 Å². The highest BCUT2D eigenvalue weighted by Gasteiger charge is 2.22. The van der Waals surface area contributed by atoms with Crippen LogP contribution in [0.1, 0.15) is 23.2 Å². The third-order valence-corrected chi connectivity index (χ3v) is 4.03. The summed E-state index contributed by atoms with van der Waals surface area (Å²) in [5, 5.41) is 7.48. The Hall–Kier alpha value is -1.33. The van der Waals surface area contributed by atoms with E-state index in [0.717, 1.165) is 16.9 Å². The minimum absolute atomic E-state index is 0.234. The van der Waals surface area contributed by atoms with Gasteiger partial charge in [-0.3, -0.25) is 9.48 Å². The molecular formula is C14H13BrClN3O. The van der Waals surface area contributed by atoms with E-state index in [9.17, 15) is 4.79 Å². The molecule has 0 aliphatic heterocycles. The van der Waals surface area contributed by atoms with Crippen LogP contribution in [0, 0.1) is 5.92 Å². The second-order valence-corrected chi connectivity index (χ2v) is 6.30. The fourth-order valence-electron chi connectivity index (χ4n) is 1.96. The standard InChI is InChI=1S/C14H13BrClN3O/c15-10-3-4-13(16)12(5-10)14(20)18-11-6-17-19(8-11)7-9-1-2-9/h3-6,8-9H,1-2,7H2,(H,18,20). The number of nitrogens with zero attached hydrogens (tertiary/aromatic N) is 2. The molecule has 0 bridgehead atoms. The molecule has 1 heterocycles. The summed E-state index contributed by atoms with van der Waals surface area (Å²) in [6, 6.07) is 5.19. The lowest BCUT2D eigenvalue weighted by atomic mass is 10.2. The predicted molar refractivity (Wildman–Crippen MR) is 82.1 cm³/mol. The molecule has 1 N–H and O–H groups in total. The Kier molecular flexibility index (Phi) is 3.81. The minimum atomic E-state index is -0.234. The van der Waals surface area contributed by atoms with Gasteiger partial charge in [-0.25, -0.2) is 0 Å². The van der Waals surface area contributed by atoms with Crippen molar-refractivity contribution in [2.24, 2.45) is 5.92 Å². The van der Waals surface area contributed by atoms with Gasteiger partial charge in [0, 0.05) is 17.2 Å². The Morgan fingerprint density at radius 1 is 1.50 bits per heavy atom. The molecule has 3 rings (SSSR count). The van der Waals surface area contributed by atoms with Crippen LogP contribution in [0.3, 0.4) is 0 Å². The molecule has 0 atom stereocenters. The Morgan fingerprint density at radius 2 is 2.30 bits per heavy atom. The first kappa shape index (κ1) is 13.6. The van der Waals surface area contributed by atoms with Gasteiger partial charge in [-0.05, 0) is 37.0 Å². The van der Waals surface area contributed by atoms with Crippen LogP contribution in [-0.4, -0.2) is 15.7 Å². The monoisotopic (exact) mass is 353 g/mol. The van der Waals surface area contributed by atoms with Crippen molar-refractivity contribution < 1.29 is 4.79 Å². The maximum Gasteiger partial charge on any atom is 0.257 e. The second-order valence-electron chi connectivity index (χ2n) is 4.97. The van der Waals surface area contributed by atoms with E-state index in [1.165, 1.54) is 12.8 Å². The number of amides is 1. The normalized spacial score (nSPS) is 14.3. The molecule has 1 fully saturated rings. The number of rotatable bonds is 4. The lowest BCUT2D eigenvalue weighted by Gasteiger charge is -2.05. The van der Waals surface area contributed by atoms with Gasteiger partial charge in [0.15, 0.2) is 0 Å². The molecule has 4 nitrogen and oxygen atoms in total. The topological polar surface area (TPSA) is 46.9 Å². The molecule has 0 saturated heterocycles. The molecule has 0 spiro atoms. The number of hydrogen-bond acceptors (Lipinski definition) is 2. The molecule has 6 heteroatoms. The zero-order valence-electron chi connectivity index (χ0n) is 10.6. The highest BCUT2D eigenvalue weighted by molar-refractivity contribution is 9.10. The molecule has 1 aliphatic rings. The van der Waals surface area contributed by atoms with Crippen LogP contribution < -0.4 is 5.32 Å². The number of carbonyl (C=O) groups excluding carboxylic acids is 1. The van der Waals surface area contributed by atoms with Gasteiger partial charge in [0.1, 0.15) is 0 Å². The molecule has 1 aromatic carbocycles. The van der Waals surface area contributed by atoms with E-state index in [-0.39, 0.29) is 5.91 Å². The lowest BCUT2D eigenvalue weighted by molar-refractivity contribution is 0.102. The highest BCUT2D eigenvalue weighted by Crippen LogP contribution is 2.30. The summed E-state index contributed by atoms with van der Waals surface area (Å²) in [6.45, 7) is 0.924. The zero-order valence-corrected chi connectivity index (χ0v) is 13.0.